The van der Waals surface area contributed by atoms with Gasteiger partial charge in [0.15, 0.2) is 9.76 Å². The van der Waals surface area contributed by atoms with Gasteiger partial charge in [-0.2, -0.15) is 0 Å². The Balaban J connectivity index is 5.59. The van der Waals surface area contributed by atoms with Crippen molar-refractivity contribution in [3.8, 4) is 0 Å². The molecule has 0 N–H and O–H groups in total. The van der Waals surface area contributed by atoms with Crippen molar-refractivity contribution in [3.05, 3.63) is 0 Å². The molecule has 0 amide bonds. The third-order valence-corrected chi connectivity index (χ3v) is 9.88. The first-order chi connectivity index (χ1) is 18.7. The summed E-state index contributed by atoms with van der Waals surface area (Å²) in [6, 6.07) is 1.34. The third kappa shape index (κ3) is 21.4. The lowest BCUT2D eigenvalue weighted by atomic mass is 9.73. The van der Waals surface area contributed by atoms with Crippen molar-refractivity contribution in [2.75, 3.05) is 58.9 Å². The zero-order chi connectivity index (χ0) is 29.4. The van der Waals surface area contributed by atoms with Crippen LogP contribution in [0.5, 0.6) is 0 Å². The standard InChI is InChI=1S/C34H75N3OSi/c1-10-23-35(24-11-2)29-16-19-34(22-32-39-38-33(7,8)9,20-17-30-36(25-12-3)26-13-4)21-18-31-37(27-14-5)28-15-6/h10-32,39H2,1-9H3. The molecule has 236 valence electrons. The summed E-state index contributed by atoms with van der Waals surface area (Å²) in [6.07, 6.45) is 17.3. The van der Waals surface area contributed by atoms with E-state index in [2.05, 4.69) is 77.0 Å². The lowest BCUT2D eigenvalue weighted by Crippen LogP contribution is -2.32. The average Bonchev–Trinajstić information content (AvgIpc) is 2.87. The van der Waals surface area contributed by atoms with Crippen molar-refractivity contribution in [3.63, 3.8) is 0 Å². The van der Waals surface area contributed by atoms with E-state index in [9.17, 15) is 0 Å². The van der Waals surface area contributed by atoms with Gasteiger partial charge in [-0.1, -0.05) is 41.5 Å². The number of nitrogens with zero attached hydrogens (tertiary/aromatic N) is 3. The molecule has 0 heterocycles. The van der Waals surface area contributed by atoms with E-state index in [0.717, 1.165) is 0 Å². The fourth-order valence-electron chi connectivity index (χ4n) is 6.51. The van der Waals surface area contributed by atoms with Crippen LogP contribution in [0.2, 0.25) is 6.04 Å². The summed E-state index contributed by atoms with van der Waals surface area (Å²) in [5.74, 6) is 0. The molecule has 0 aliphatic carbocycles. The highest BCUT2D eigenvalue weighted by molar-refractivity contribution is 6.27. The van der Waals surface area contributed by atoms with E-state index in [1.165, 1.54) is 148 Å². The minimum Gasteiger partial charge on any atom is -0.419 e. The molecule has 0 saturated carbocycles. The largest absolute Gasteiger partial charge is 0.419 e. The average molecular weight is 570 g/mol. The van der Waals surface area contributed by atoms with Crippen molar-refractivity contribution >= 4 is 9.76 Å². The SMILES string of the molecule is CCCN(CCC)CCCC(CCCN(CCC)CCC)(CCCN(CCC)CCC)CC[SiH2]OC(C)(C)C. The summed E-state index contributed by atoms with van der Waals surface area (Å²) in [6.45, 7) is 32.2. The van der Waals surface area contributed by atoms with Crippen LogP contribution in [0.4, 0.5) is 0 Å². The summed E-state index contributed by atoms with van der Waals surface area (Å²) in [5.41, 5.74) is 0.518. The molecule has 4 nitrogen and oxygen atoms in total. The van der Waals surface area contributed by atoms with E-state index in [0.29, 0.717) is 5.41 Å². The van der Waals surface area contributed by atoms with Crippen LogP contribution in [0, 0.1) is 5.41 Å². The molecule has 0 aromatic carbocycles. The Morgan fingerprint density at radius 2 is 0.769 bits per heavy atom. The molecule has 0 saturated heterocycles. The molecular weight excluding hydrogens is 494 g/mol. The molecule has 0 spiro atoms. The smallest absolute Gasteiger partial charge is 0.162 e. The van der Waals surface area contributed by atoms with Crippen molar-refractivity contribution in [1.29, 1.82) is 0 Å². The summed E-state index contributed by atoms with van der Waals surface area (Å²) < 4.78 is 6.36. The van der Waals surface area contributed by atoms with Gasteiger partial charge in [-0.3, -0.25) is 0 Å². The van der Waals surface area contributed by atoms with Crippen molar-refractivity contribution in [2.24, 2.45) is 5.41 Å². The number of hydrogen-bond acceptors (Lipinski definition) is 4. The van der Waals surface area contributed by atoms with Crippen LogP contribution in [-0.2, 0) is 4.43 Å². The first-order valence-electron chi connectivity index (χ1n) is 17.5. The quantitative estimate of drug-likeness (QED) is 0.0695. The van der Waals surface area contributed by atoms with Crippen LogP contribution >= 0.6 is 0 Å². The lowest BCUT2D eigenvalue weighted by Gasteiger charge is -2.37. The van der Waals surface area contributed by atoms with Gasteiger partial charge in [0.1, 0.15) is 0 Å². The Bertz CT molecular complexity index is 452. The van der Waals surface area contributed by atoms with Crippen LogP contribution in [-0.4, -0.2) is 89.0 Å². The van der Waals surface area contributed by atoms with E-state index < -0.39 is 9.76 Å². The molecule has 0 aliphatic heterocycles. The monoisotopic (exact) mass is 570 g/mol. The first-order valence-corrected chi connectivity index (χ1v) is 19.1. The molecule has 0 rings (SSSR count). The van der Waals surface area contributed by atoms with Gasteiger partial charge in [0.25, 0.3) is 0 Å². The molecule has 0 aromatic rings. The highest BCUT2D eigenvalue weighted by atomic mass is 28.2. The van der Waals surface area contributed by atoms with Crippen molar-refractivity contribution < 1.29 is 4.43 Å². The second-order valence-corrected chi connectivity index (χ2v) is 14.8. The Labute approximate surface area is 250 Å². The van der Waals surface area contributed by atoms with Gasteiger partial charge < -0.3 is 19.1 Å². The van der Waals surface area contributed by atoms with Crippen LogP contribution in [0.15, 0.2) is 0 Å². The molecule has 0 aromatic heterocycles. The highest BCUT2D eigenvalue weighted by Crippen LogP contribution is 2.40. The van der Waals surface area contributed by atoms with Crippen LogP contribution in [0.1, 0.15) is 146 Å². The predicted octanol–water partition coefficient (Wildman–Crippen LogP) is 8.39. The highest BCUT2D eigenvalue weighted by Gasteiger charge is 2.29. The lowest BCUT2D eigenvalue weighted by molar-refractivity contribution is 0.129. The molecule has 0 fully saturated rings. The molecule has 5 heteroatoms. The Morgan fingerprint density at radius 1 is 0.462 bits per heavy atom. The number of rotatable bonds is 28. The van der Waals surface area contributed by atoms with Gasteiger partial charge in [-0.05, 0) is 175 Å². The molecule has 0 aliphatic rings. The third-order valence-electron chi connectivity index (χ3n) is 8.17. The zero-order valence-corrected chi connectivity index (χ0v) is 30.1. The van der Waals surface area contributed by atoms with Crippen molar-refractivity contribution in [2.45, 2.75) is 157 Å². The zero-order valence-electron chi connectivity index (χ0n) is 28.7. The van der Waals surface area contributed by atoms with E-state index in [1.54, 1.807) is 0 Å². The first kappa shape index (κ1) is 39.1. The summed E-state index contributed by atoms with van der Waals surface area (Å²) in [4.78, 5) is 8.20. The second kappa shape index (κ2) is 24.6. The summed E-state index contributed by atoms with van der Waals surface area (Å²) in [7, 11) is -0.469. The van der Waals surface area contributed by atoms with Gasteiger partial charge in [0.2, 0.25) is 0 Å². The van der Waals surface area contributed by atoms with Gasteiger partial charge in [0.05, 0.1) is 0 Å². The molecule has 0 unspecified atom stereocenters. The van der Waals surface area contributed by atoms with Crippen LogP contribution in [0.25, 0.3) is 0 Å². The minimum absolute atomic E-state index is 0.0251. The maximum absolute atomic E-state index is 6.36. The molecule has 39 heavy (non-hydrogen) atoms. The molecule has 0 bridgehead atoms. The fraction of sp³-hybridized carbons (Fsp3) is 1.00. The van der Waals surface area contributed by atoms with E-state index in [-0.39, 0.29) is 5.60 Å². The van der Waals surface area contributed by atoms with Gasteiger partial charge >= 0.3 is 0 Å². The van der Waals surface area contributed by atoms with Gasteiger partial charge in [-0.25, -0.2) is 0 Å². The number of hydrogen-bond donors (Lipinski definition) is 0. The van der Waals surface area contributed by atoms with Gasteiger partial charge in [-0.15, -0.1) is 0 Å². The van der Waals surface area contributed by atoms with Crippen LogP contribution in [0.3, 0.4) is 0 Å². The molecule has 0 radical (unpaired) electrons. The van der Waals surface area contributed by atoms with Crippen molar-refractivity contribution in [1.82, 2.24) is 14.7 Å². The second-order valence-electron chi connectivity index (χ2n) is 13.4. The topological polar surface area (TPSA) is 19.0 Å². The minimum atomic E-state index is -0.469. The fourth-order valence-corrected chi connectivity index (χ4v) is 8.16. The maximum Gasteiger partial charge on any atom is 0.162 e. The normalized spacial score (nSPS) is 13.2. The Morgan fingerprint density at radius 3 is 1.03 bits per heavy atom. The summed E-state index contributed by atoms with van der Waals surface area (Å²) >= 11 is 0. The Kier molecular flexibility index (Phi) is 24.7. The maximum atomic E-state index is 6.36. The predicted molar refractivity (Wildman–Crippen MR) is 180 cm³/mol. The van der Waals surface area contributed by atoms with Gasteiger partial charge in [0, 0.05) is 5.60 Å². The Hall–Kier alpha value is 0.0569. The summed E-state index contributed by atoms with van der Waals surface area (Å²) in [5, 5.41) is 0. The van der Waals surface area contributed by atoms with E-state index >= 15 is 0 Å². The van der Waals surface area contributed by atoms with E-state index in [1.807, 2.05) is 0 Å². The van der Waals surface area contributed by atoms with E-state index in [4.69, 9.17) is 4.43 Å². The molecular formula is C34H75N3OSi. The molecule has 0 atom stereocenters. The van der Waals surface area contributed by atoms with Crippen LogP contribution < -0.4 is 0 Å².